The summed E-state index contributed by atoms with van der Waals surface area (Å²) in [4.78, 5) is 0.237. The van der Waals surface area contributed by atoms with Crippen LogP contribution in [0.3, 0.4) is 0 Å². The van der Waals surface area contributed by atoms with Crippen molar-refractivity contribution in [3.63, 3.8) is 0 Å². The topological polar surface area (TPSA) is 72.2 Å². The molecule has 6 heteroatoms. The Labute approximate surface area is 125 Å². The molecule has 4 nitrogen and oxygen atoms in total. The van der Waals surface area contributed by atoms with Crippen LogP contribution in [0.5, 0.6) is 0 Å². The minimum atomic E-state index is -3.50. The summed E-state index contributed by atoms with van der Waals surface area (Å²) in [5.74, 6) is 6.30. The van der Waals surface area contributed by atoms with E-state index in [1.807, 2.05) is 13.2 Å². The van der Waals surface area contributed by atoms with Gasteiger partial charge in [0, 0.05) is 17.4 Å². The lowest BCUT2D eigenvalue weighted by molar-refractivity contribution is 0.558. The van der Waals surface area contributed by atoms with Gasteiger partial charge in [0.25, 0.3) is 0 Å². The zero-order valence-corrected chi connectivity index (χ0v) is 13.4. The zero-order chi connectivity index (χ0) is 15.0. The van der Waals surface area contributed by atoms with E-state index in [0.29, 0.717) is 5.56 Å². The monoisotopic (exact) mass is 312 g/mol. The van der Waals surface area contributed by atoms with E-state index in [9.17, 15) is 8.42 Å². The maximum absolute atomic E-state index is 12.3. The molecule has 0 heterocycles. The standard InChI is InChI=1S/C14H20N2O2S2/c1-3-13(11-19-2)16-20(17,18)14-8-4-6-12(10-14)7-5-9-15/h4,6,8,10,13,16H,3,9,11,15H2,1-2H3. The Morgan fingerprint density at radius 3 is 2.80 bits per heavy atom. The minimum absolute atomic E-state index is 0.0613. The molecular weight excluding hydrogens is 292 g/mol. The highest BCUT2D eigenvalue weighted by Gasteiger charge is 2.18. The maximum atomic E-state index is 12.3. The van der Waals surface area contributed by atoms with E-state index in [2.05, 4.69) is 16.6 Å². The molecule has 1 atom stereocenters. The van der Waals surface area contributed by atoms with Crippen LogP contribution in [0.4, 0.5) is 0 Å². The normalized spacial score (nSPS) is 12.6. The van der Waals surface area contributed by atoms with Crippen molar-refractivity contribution in [1.82, 2.24) is 4.72 Å². The SMILES string of the molecule is CCC(CSC)NS(=O)(=O)c1cccc(C#CCN)c1. The quantitative estimate of drug-likeness (QED) is 0.779. The van der Waals surface area contributed by atoms with Gasteiger partial charge in [-0.2, -0.15) is 11.8 Å². The summed E-state index contributed by atoms with van der Waals surface area (Å²) < 4.78 is 27.3. The molecular formula is C14H20N2O2S2. The number of sulfonamides is 1. The van der Waals surface area contributed by atoms with Crippen molar-refractivity contribution in [3.8, 4) is 11.8 Å². The van der Waals surface area contributed by atoms with Crippen molar-refractivity contribution in [1.29, 1.82) is 0 Å². The second kappa shape index (κ2) is 8.32. The molecule has 0 saturated carbocycles. The molecule has 0 aromatic heterocycles. The van der Waals surface area contributed by atoms with Gasteiger partial charge in [-0.1, -0.05) is 24.8 Å². The highest BCUT2D eigenvalue weighted by atomic mass is 32.2. The van der Waals surface area contributed by atoms with Crippen molar-refractivity contribution in [2.45, 2.75) is 24.3 Å². The first-order valence-corrected chi connectivity index (χ1v) is 9.21. The fraction of sp³-hybridized carbons (Fsp3) is 0.429. The largest absolute Gasteiger partial charge is 0.320 e. The smallest absolute Gasteiger partial charge is 0.240 e. The third kappa shape index (κ3) is 5.17. The lowest BCUT2D eigenvalue weighted by atomic mass is 10.2. The van der Waals surface area contributed by atoms with Gasteiger partial charge in [-0.3, -0.25) is 0 Å². The van der Waals surface area contributed by atoms with E-state index in [1.165, 1.54) is 0 Å². The Bertz CT molecular complexity index is 589. The summed E-state index contributed by atoms with van der Waals surface area (Å²) in [6.45, 7) is 2.22. The lowest BCUT2D eigenvalue weighted by Gasteiger charge is -2.16. The van der Waals surface area contributed by atoms with Crippen LogP contribution >= 0.6 is 11.8 Å². The molecule has 3 N–H and O–H groups in total. The van der Waals surface area contributed by atoms with Crippen molar-refractivity contribution in [2.24, 2.45) is 5.73 Å². The number of thioether (sulfide) groups is 1. The third-order valence-corrected chi connectivity index (χ3v) is 4.92. The summed E-state index contributed by atoms with van der Waals surface area (Å²) >= 11 is 1.62. The Morgan fingerprint density at radius 2 is 2.20 bits per heavy atom. The van der Waals surface area contributed by atoms with Gasteiger partial charge in [-0.25, -0.2) is 13.1 Å². The molecule has 1 unspecified atom stereocenters. The highest BCUT2D eigenvalue weighted by Crippen LogP contribution is 2.13. The van der Waals surface area contributed by atoms with Crippen LogP contribution in [0, 0.1) is 11.8 Å². The first kappa shape index (κ1) is 17.1. The second-order valence-corrected chi connectivity index (χ2v) is 6.84. The van der Waals surface area contributed by atoms with Crippen LogP contribution in [0.25, 0.3) is 0 Å². The van der Waals surface area contributed by atoms with Gasteiger partial charge in [-0.15, -0.1) is 0 Å². The van der Waals surface area contributed by atoms with Crippen LogP contribution in [0.15, 0.2) is 29.2 Å². The molecule has 0 saturated heterocycles. The van der Waals surface area contributed by atoms with Crippen molar-refractivity contribution >= 4 is 21.8 Å². The molecule has 0 radical (unpaired) electrons. The summed E-state index contributed by atoms with van der Waals surface area (Å²) in [5, 5.41) is 0. The predicted molar refractivity (Wildman–Crippen MR) is 85.2 cm³/mol. The average molecular weight is 312 g/mol. The lowest BCUT2D eigenvalue weighted by Crippen LogP contribution is -2.36. The van der Waals surface area contributed by atoms with E-state index >= 15 is 0 Å². The van der Waals surface area contributed by atoms with Crippen molar-refractivity contribution in [2.75, 3.05) is 18.6 Å². The summed E-state index contributed by atoms with van der Waals surface area (Å²) in [6.07, 6.45) is 2.72. The zero-order valence-electron chi connectivity index (χ0n) is 11.7. The minimum Gasteiger partial charge on any atom is -0.320 e. The van der Waals surface area contributed by atoms with E-state index in [1.54, 1.807) is 36.0 Å². The van der Waals surface area contributed by atoms with Gasteiger partial charge in [-0.05, 0) is 30.9 Å². The van der Waals surface area contributed by atoms with Crippen LogP contribution in [-0.4, -0.2) is 33.0 Å². The van der Waals surface area contributed by atoms with Gasteiger partial charge in [0.15, 0.2) is 0 Å². The number of nitrogens with one attached hydrogen (secondary N) is 1. The van der Waals surface area contributed by atoms with Gasteiger partial charge in [0.1, 0.15) is 0 Å². The number of rotatable bonds is 6. The summed E-state index contributed by atoms with van der Waals surface area (Å²) in [5.41, 5.74) is 5.96. The van der Waals surface area contributed by atoms with E-state index < -0.39 is 10.0 Å². The third-order valence-electron chi connectivity index (χ3n) is 2.66. The van der Waals surface area contributed by atoms with Crippen LogP contribution in [-0.2, 0) is 10.0 Å². The molecule has 110 valence electrons. The van der Waals surface area contributed by atoms with E-state index in [-0.39, 0.29) is 17.5 Å². The summed E-state index contributed by atoms with van der Waals surface area (Å²) in [6, 6.07) is 6.53. The van der Waals surface area contributed by atoms with Crippen molar-refractivity contribution in [3.05, 3.63) is 29.8 Å². The first-order chi connectivity index (χ1) is 9.53. The fourth-order valence-corrected chi connectivity index (χ4v) is 3.81. The van der Waals surface area contributed by atoms with Crippen LogP contribution in [0.2, 0.25) is 0 Å². The molecule has 0 bridgehead atoms. The van der Waals surface area contributed by atoms with Crippen molar-refractivity contribution < 1.29 is 8.42 Å². The number of hydrogen-bond acceptors (Lipinski definition) is 4. The van der Waals surface area contributed by atoms with E-state index in [0.717, 1.165) is 12.2 Å². The molecule has 1 aromatic carbocycles. The average Bonchev–Trinajstić information content (AvgIpc) is 2.44. The van der Waals surface area contributed by atoms with Gasteiger partial charge < -0.3 is 5.73 Å². The second-order valence-electron chi connectivity index (χ2n) is 4.22. The molecule has 1 rings (SSSR count). The first-order valence-electron chi connectivity index (χ1n) is 6.33. The number of benzene rings is 1. The van der Waals surface area contributed by atoms with Crippen LogP contribution in [0.1, 0.15) is 18.9 Å². The molecule has 0 amide bonds. The Hall–Kier alpha value is -1.00. The van der Waals surface area contributed by atoms with Gasteiger partial charge >= 0.3 is 0 Å². The Morgan fingerprint density at radius 1 is 1.45 bits per heavy atom. The maximum Gasteiger partial charge on any atom is 0.240 e. The number of hydrogen-bond donors (Lipinski definition) is 2. The Kier molecular flexibility index (Phi) is 7.10. The molecule has 0 aliphatic heterocycles. The highest BCUT2D eigenvalue weighted by molar-refractivity contribution is 7.98. The predicted octanol–water partition coefficient (Wildman–Crippen LogP) is 1.42. The molecule has 0 aliphatic rings. The number of nitrogens with two attached hydrogens (primary N) is 1. The summed E-state index contributed by atoms with van der Waals surface area (Å²) in [7, 11) is -3.50. The molecule has 0 aliphatic carbocycles. The Balaban J connectivity index is 2.97. The van der Waals surface area contributed by atoms with Crippen LogP contribution < -0.4 is 10.5 Å². The van der Waals surface area contributed by atoms with E-state index in [4.69, 9.17) is 5.73 Å². The molecule has 0 fully saturated rings. The molecule has 1 aromatic rings. The van der Waals surface area contributed by atoms with Gasteiger partial charge in [0.05, 0.1) is 11.4 Å². The fourth-order valence-electron chi connectivity index (χ4n) is 1.62. The van der Waals surface area contributed by atoms with Gasteiger partial charge in [0.2, 0.25) is 10.0 Å². The molecule has 20 heavy (non-hydrogen) atoms. The molecule has 0 spiro atoms.